The first kappa shape index (κ1) is 21.4. The van der Waals surface area contributed by atoms with E-state index in [0.29, 0.717) is 18.8 Å². The lowest BCUT2D eigenvalue weighted by Gasteiger charge is -2.29. The number of aryl methyl sites for hydroxylation is 1. The monoisotopic (exact) mass is 459 g/mol. The number of carbonyl (C=O) groups excluding carboxylic acids is 3. The van der Waals surface area contributed by atoms with Crippen molar-refractivity contribution in [1.82, 2.24) is 5.32 Å². The predicted molar refractivity (Wildman–Crippen MR) is 120 cm³/mol. The molecule has 2 aliphatic heterocycles. The highest BCUT2D eigenvalue weighted by molar-refractivity contribution is 6.43. The summed E-state index contributed by atoms with van der Waals surface area (Å²) >= 11 is 12.0. The number of ether oxygens (including phenoxy) is 1. The van der Waals surface area contributed by atoms with Gasteiger partial charge in [0.2, 0.25) is 0 Å². The van der Waals surface area contributed by atoms with Gasteiger partial charge in [0.05, 0.1) is 28.9 Å². The molecule has 4 rings (SSSR count). The zero-order valence-corrected chi connectivity index (χ0v) is 18.2. The van der Waals surface area contributed by atoms with Crippen LogP contribution >= 0.6 is 23.2 Å². The van der Waals surface area contributed by atoms with E-state index in [1.165, 1.54) is 24.3 Å². The van der Waals surface area contributed by atoms with Gasteiger partial charge in [-0.25, -0.2) is 9.69 Å². The first-order chi connectivity index (χ1) is 14.8. The largest absolute Gasteiger partial charge is 0.378 e. The van der Waals surface area contributed by atoms with Gasteiger partial charge >= 0.3 is 6.03 Å². The van der Waals surface area contributed by atoms with Crippen LogP contribution in [0.2, 0.25) is 10.0 Å². The van der Waals surface area contributed by atoms with Gasteiger partial charge in [-0.2, -0.15) is 0 Å². The fourth-order valence-electron chi connectivity index (χ4n) is 3.51. The lowest BCUT2D eigenvalue weighted by Crippen LogP contribution is -2.54. The minimum atomic E-state index is -0.843. The number of rotatable bonds is 3. The van der Waals surface area contributed by atoms with Crippen LogP contribution in [0.1, 0.15) is 11.1 Å². The molecule has 9 heteroatoms. The molecule has 0 aromatic heterocycles. The molecule has 7 nitrogen and oxygen atoms in total. The number of imide groups is 2. The summed E-state index contributed by atoms with van der Waals surface area (Å²) < 4.78 is 5.39. The van der Waals surface area contributed by atoms with E-state index in [4.69, 9.17) is 27.9 Å². The SMILES string of the molecule is Cc1cc(N2CCOCC2)ccc1/C=C1\C(=O)NC(=O)N(c2ccc(Cl)c(Cl)c2)C1=O. The van der Waals surface area contributed by atoms with E-state index in [1.807, 2.05) is 25.1 Å². The van der Waals surface area contributed by atoms with Crippen LogP contribution in [-0.2, 0) is 14.3 Å². The maximum absolute atomic E-state index is 13.1. The number of morpholine rings is 1. The molecule has 31 heavy (non-hydrogen) atoms. The first-order valence-corrected chi connectivity index (χ1v) is 10.4. The summed E-state index contributed by atoms with van der Waals surface area (Å²) in [6.45, 7) is 4.88. The van der Waals surface area contributed by atoms with Crippen molar-refractivity contribution < 1.29 is 19.1 Å². The van der Waals surface area contributed by atoms with E-state index in [0.717, 1.165) is 29.2 Å². The normalized spacial score (nSPS) is 18.5. The topological polar surface area (TPSA) is 79.0 Å². The third-order valence-corrected chi connectivity index (χ3v) is 5.93. The molecule has 2 fully saturated rings. The molecule has 0 radical (unpaired) electrons. The van der Waals surface area contributed by atoms with E-state index in [2.05, 4.69) is 10.2 Å². The second-order valence-corrected chi connectivity index (χ2v) is 8.01. The van der Waals surface area contributed by atoms with E-state index in [1.54, 1.807) is 0 Å². The number of anilines is 2. The summed E-state index contributed by atoms with van der Waals surface area (Å²) in [5.41, 5.74) is 2.73. The van der Waals surface area contributed by atoms with Gasteiger partial charge in [-0.3, -0.25) is 14.9 Å². The highest BCUT2D eigenvalue weighted by atomic mass is 35.5. The van der Waals surface area contributed by atoms with Crippen molar-refractivity contribution in [3.05, 3.63) is 63.1 Å². The van der Waals surface area contributed by atoms with Gasteiger partial charge in [-0.15, -0.1) is 0 Å². The van der Waals surface area contributed by atoms with Gasteiger partial charge in [-0.05, 0) is 54.5 Å². The van der Waals surface area contributed by atoms with E-state index in [-0.39, 0.29) is 21.3 Å². The second-order valence-electron chi connectivity index (χ2n) is 7.20. The number of hydrogen-bond donors (Lipinski definition) is 1. The summed E-state index contributed by atoms with van der Waals surface area (Å²) in [6, 6.07) is 9.33. The zero-order chi connectivity index (χ0) is 22.1. The molecule has 2 heterocycles. The molecule has 0 saturated carbocycles. The van der Waals surface area contributed by atoms with Crippen LogP contribution < -0.4 is 15.1 Å². The van der Waals surface area contributed by atoms with Crippen LogP contribution in [0.5, 0.6) is 0 Å². The van der Waals surface area contributed by atoms with Crippen LogP contribution in [0, 0.1) is 6.92 Å². The highest BCUT2D eigenvalue weighted by Crippen LogP contribution is 2.30. The molecule has 0 unspecified atom stereocenters. The number of carbonyl (C=O) groups is 3. The average Bonchev–Trinajstić information content (AvgIpc) is 2.75. The molecular weight excluding hydrogens is 441 g/mol. The van der Waals surface area contributed by atoms with Gasteiger partial charge in [0.25, 0.3) is 11.8 Å². The number of barbiturate groups is 1. The fraction of sp³-hybridized carbons (Fsp3) is 0.227. The number of halogens is 2. The van der Waals surface area contributed by atoms with Crippen LogP contribution in [0.25, 0.3) is 6.08 Å². The highest BCUT2D eigenvalue weighted by Gasteiger charge is 2.37. The Kier molecular flexibility index (Phi) is 6.00. The minimum Gasteiger partial charge on any atom is -0.378 e. The first-order valence-electron chi connectivity index (χ1n) is 9.65. The third kappa shape index (κ3) is 4.30. The van der Waals surface area contributed by atoms with Crippen LogP contribution in [0.4, 0.5) is 16.2 Å². The Hall–Kier alpha value is -2.87. The Labute approximate surface area is 189 Å². The Morgan fingerprint density at radius 3 is 2.35 bits per heavy atom. The predicted octanol–water partition coefficient (Wildman–Crippen LogP) is 3.80. The quantitative estimate of drug-likeness (QED) is 0.557. The summed E-state index contributed by atoms with van der Waals surface area (Å²) in [4.78, 5) is 40.9. The molecule has 0 bridgehead atoms. The van der Waals surface area contributed by atoms with Gasteiger partial charge in [0.1, 0.15) is 5.57 Å². The van der Waals surface area contributed by atoms with Gasteiger partial charge in [0.15, 0.2) is 0 Å². The van der Waals surface area contributed by atoms with Crippen molar-refractivity contribution in [3.63, 3.8) is 0 Å². The van der Waals surface area contributed by atoms with Crippen molar-refractivity contribution in [2.24, 2.45) is 0 Å². The molecule has 2 saturated heterocycles. The summed E-state index contributed by atoms with van der Waals surface area (Å²) in [7, 11) is 0. The number of hydrogen-bond acceptors (Lipinski definition) is 5. The van der Waals surface area contributed by atoms with Crippen molar-refractivity contribution in [3.8, 4) is 0 Å². The molecule has 2 aromatic carbocycles. The molecule has 160 valence electrons. The van der Waals surface area contributed by atoms with Crippen molar-refractivity contribution in [2.45, 2.75) is 6.92 Å². The summed E-state index contributed by atoms with van der Waals surface area (Å²) in [6.07, 6.45) is 1.49. The fourth-order valence-corrected chi connectivity index (χ4v) is 3.80. The van der Waals surface area contributed by atoms with Crippen LogP contribution in [-0.4, -0.2) is 44.1 Å². The number of benzene rings is 2. The molecule has 0 aliphatic carbocycles. The molecule has 0 atom stereocenters. The summed E-state index contributed by atoms with van der Waals surface area (Å²) in [5.74, 6) is -1.48. The zero-order valence-electron chi connectivity index (χ0n) is 16.7. The molecular formula is C22H19Cl2N3O4. The van der Waals surface area contributed by atoms with Gasteiger partial charge in [0, 0.05) is 18.8 Å². The van der Waals surface area contributed by atoms with E-state index >= 15 is 0 Å². The standard InChI is InChI=1S/C22H19Cl2N3O4/c1-13-10-15(26-6-8-31-9-7-26)3-2-14(13)11-17-20(28)25-22(30)27(21(17)29)16-4-5-18(23)19(24)12-16/h2-5,10-12H,6-9H2,1H3,(H,25,28,30)/b17-11+. The maximum Gasteiger partial charge on any atom is 0.335 e. The second kappa shape index (κ2) is 8.70. The number of nitrogens with zero attached hydrogens (tertiary/aromatic N) is 2. The molecule has 2 aromatic rings. The third-order valence-electron chi connectivity index (χ3n) is 5.19. The number of nitrogens with one attached hydrogen (secondary N) is 1. The van der Waals surface area contributed by atoms with Crippen molar-refractivity contribution in [2.75, 3.05) is 36.1 Å². The Morgan fingerprint density at radius 1 is 0.968 bits per heavy atom. The Bertz CT molecular complexity index is 1110. The number of urea groups is 1. The van der Waals surface area contributed by atoms with Gasteiger partial charge < -0.3 is 9.64 Å². The van der Waals surface area contributed by atoms with Crippen LogP contribution in [0.3, 0.4) is 0 Å². The number of amides is 4. The maximum atomic E-state index is 13.1. The van der Waals surface area contributed by atoms with Crippen molar-refractivity contribution >= 4 is 58.5 Å². The van der Waals surface area contributed by atoms with E-state index in [9.17, 15) is 14.4 Å². The molecule has 2 aliphatic rings. The van der Waals surface area contributed by atoms with E-state index < -0.39 is 17.8 Å². The Morgan fingerprint density at radius 2 is 1.68 bits per heavy atom. The van der Waals surface area contributed by atoms with Gasteiger partial charge in [-0.1, -0.05) is 29.3 Å². The average molecular weight is 460 g/mol. The Balaban J connectivity index is 1.66. The molecule has 4 amide bonds. The van der Waals surface area contributed by atoms with Crippen LogP contribution in [0.15, 0.2) is 42.0 Å². The molecule has 1 N–H and O–H groups in total. The lowest BCUT2D eigenvalue weighted by atomic mass is 10.0. The smallest absolute Gasteiger partial charge is 0.335 e. The van der Waals surface area contributed by atoms with Crippen molar-refractivity contribution in [1.29, 1.82) is 0 Å². The minimum absolute atomic E-state index is 0.145. The summed E-state index contributed by atoms with van der Waals surface area (Å²) in [5, 5.41) is 2.69. The molecule has 0 spiro atoms. The lowest BCUT2D eigenvalue weighted by molar-refractivity contribution is -0.122.